The minimum atomic E-state index is -2.70. The number of methoxy groups -OCH3 is 1. The first-order chi connectivity index (χ1) is 11.1. The summed E-state index contributed by atoms with van der Waals surface area (Å²) in [4.78, 5) is 10.1. The van der Waals surface area contributed by atoms with E-state index in [-0.39, 0.29) is 12.2 Å². The molecule has 124 valence electrons. The molecule has 2 atom stereocenters. The van der Waals surface area contributed by atoms with Crippen molar-refractivity contribution in [1.29, 1.82) is 0 Å². The number of ether oxygens (including phenoxy) is 2. The molecule has 0 N–H and O–H groups in total. The van der Waals surface area contributed by atoms with Crippen LogP contribution in [0.1, 0.15) is 19.2 Å². The van der Waals surface area contributed by atoms with Crippen LogP contribution in [0.3, 0.4) is 0 Å². The van der Waals surface area contributed by atoms with Crippen molar-refractivity contribution in [3.63, 3.8) is 0 Å². The molecule has 1 aromatic heterocycles. The Hall–Kier alpha value is -1.86. The monoisotopic (exact) mass is 323 g/mol. The Balaban J connectivity index is 2.03. The number of aromatic nitrogens is 2. The Morgan fingerprint density at radius 3 is 2.83 bits per heavy atom. The molecular formula is C16H19F2N3O2. The number of rotatable bonds is 4. The number of anilines is 1. The largest absolute Gasteiger partial charge is 0.382 e. The first-order valence-corrected chi connectivity index (χ1v) is 7.52. The van der Waals surface area contributed by atoms with Crippen molar-refractivity contribution >= 4 is 16.7 Å². The summed E-state index contributed by atoms with van der Waals surface area (Å²) in [6, 6.07) is 7.21. The van der Waals surface area contributed by atoms with E-state index in [0.717, 1.165) is 5.39 Å². The normalized spacial score (nSPS) is 22.0. The lowest BCUT2D eigenvalue weighted by Gasteiger charge is -2.37. The molecule has 5 nitrogen and oxygen atoms in total. The van der Waals surface area contributed by atoms with Gasteiger partial charge in [-0.3, -0.25) is 0 Å². The van der Waals surface area contributed by atoms with Gasteiger partial charge in [0.25, 0.3) is 6.43 Å². The first-order valence-electron chi connectivity index (χ1n) is 7.52. The predicted molar refractivity (Wildman–Crippen MR) is 82.9 cm³/mol. The standard InChI is InChI=1S/C16H19F2N3O2/c1-10-7-21(8-11(23-10)9-22-2)16-12-5-3-4-6-13(12)19-15(20-16)14(17)18/h3-6,10-11,14H,7-9H2,1-2H3. The molecule has 2 aromatic rings. The van der Waals surface area contributed by atoms with Crippen LogP contribution >= 0.6 is 0 Å². The smallest absolute Gasteiger partial charge is 0.297 e. The number of benzene rings is 1. The van der Waals surface area contributed by atoms with Gasteiger partial charge < -0.3 is 14.4 Å². The molecule has 2 unspecified atom stereocenters. The summed E-state index contributed by atoms with van der Waals surface area (Å²) in [6.45, 7) is 3.53. The van der Waals surface area contributed by atoms with Crippen molar-refractivity contribution in [1.82, 2.24) is 9.97 Å². The topological polar surface area (TPSA) is 47.5 Å². The van der Waals surface area contributed by atoms with Gasteiger partial charge in [0.1, 0.15) is 5.82 Å². The fourth-order valence-electron chi connectivity index (χ4n) is 2.91. The Morgan fingerprint density at radius 2 is 2.09 bits per heavy atom. The molecule has 0 amide bonds. The molecule has 0 aliphatic carbocycles. The predicted octanol–water partition coefficient (Wildman–Crippen LogP) is 2.81. The summed E-state index contributed by atoms with van der Waals surface area (Å²) in [6.07, 6.45) is -2.85. The van der Waals surface area contributed by atoms with Gasteiger partial charge in [0.05, 0.1) is 24.3 Å². The highest BCUT2D eigenvalue weighted by atomic mass is 19.3. The number of morpholine rings is 1. The van der Waals surface area contributed by atoms with E-state index in [1.54, 1.807) is 19.2 Å². The summed E-state index contributed by atoms with van der Waals surface area (Å²) in [5.41, 5.74) is 0.523. The van der Waals surface area contributed by atoms with E-state index in [9.17, 15) is 8.78 Å². The van der Waals surface area contributed by atoms with Crippen molar-refractivity contribution in [3.05, 3.63) is 30.1 Å². The van der Waals surface area contributed by atoms with Gasteiger partial charge in [0.2, 0.25) is 0 Å². The van der Waals surface area contributed by atoms with Crippen LogP contribution in [0.15, 0.2) is 24.3 Å². The number of halogens is 2. The van der Waals surface area contributed by atoms with Crippen molar-refractivity contribution in [2.24, 2.45) is 0 Å². The number of fused-ring (bicyclic) bond motifs is 1. The number of para-hydroxylation sites is 1. The van der Waals surface area contributed by atoms with Gasteiger partial charge in [-0.1, -0.05) is 12.1 Å². The fraction of sp³-hybridized carbons (Fsp3) is 0.500. The zero-order chi connectivity index (χ0) is 16.4. The van der Waals surface area contributed by atoms with Crippen molar-refractivity contribution < 1.29 is 18.3 Å². The van der Waals surface area contributed by atoms with Crippen molar-refractivity contribution in [2.75, 3.05) is 31.7 Å². The van der Waals surface area contributed by atoms with Crippen molar-refractivity contribution in [2.45, 2.75) is 25.6 Å². The molecule has 1 fully saturated rings. The zero-order valence-electron chi connectivity index (χ0n) is 13.1. The summed E-state index contributed by atoms with van der Waals surface area (Å²) in [5, 5.41) is 0.766. The fourth-order valence-corrected chi connectivity index (χ4v) is 2.91. The molecule has 1 aliphatic heterocycles. The quantitative estimate of drug-likeness (QED) is 0.866. The van der Waals surface area contributed by atoms with Crippen LogP contribution < -0.4 is 4.90 Å². The van der Waals surface area contributed by atoms with Crippen LogP contribution in [0.25, 0.3) is 10.9 Å². The number of nitrogens with zero attached hydrogens (tertiary/aromatic N) is 3. The highest BCUT2D eigenvalue weighted by molar-refractivity contribution is 5.89. The molecule has 3 rings (SSSR count). The summed E-state index contributed by atoms with van der Waals surface area (Å²) < 4.78 is 37.2. The third-order valence-electron chi connectivity index (χ3n) is 3.77. The van der Waals surface area contributed by atoms with E-state index in [0.29, 0.717) is 31.0 Å². The highest BCUT2D eigenvalue weighted by Crippen LogP contribution is 2.29. The van der Waals surface area contributed by atoms with E-state index in [2.05, 4.69) is 9.97 Å². The molecule has 23 heavy (non-hydrogen) atoms. The lowest BCUT2D eigenvalue weighted by Crippen LogP contribution is -2.48. The molecule has 0 radical (unpaired) electrons. The zero-order valence-corrected chi connectivity index (χ0v) is 13.1. The number of hydrogen-bond acceptors (Lipinski definition) is 5. The van der Waals surface area contributed by atoms with Gasteiger partial charge in [-0.25, -0.2) is 18.7 Å². The molecule has 1 aliphatic rings. The third-order valence-corrected chi connectivity index (χ3v) is 3.77. The Kier molecular flexibility index (Phi) is 4.68. The second-order valence-electron chi connectivity index (χ2n) is 5.65. The second kappa shape index (κ2) is 6.72. The van der Waals surface area contributed by atoms with Crippen LogP contribution in [0.4, 0.5) is 14.6 Å². The highest BCUT2D eigenvalue weighted by Gasteiger charge is 2.28. The lowest BCUT2D eigenvalue weighted by molar-refractivity contribution is -0.0512. The minimum absolute atomic E-state index is 0.0346. The van der Waals surface area contributed by atoms with Gasteiger partial charge in [0.15, 0.2) is 5.82 Å². The van der Waals surface area contributed by atoms with Gasteiger partial charge in [0, 0.05) is 25.6 Å². The van der Waals surface area contributed by atoms with Gasteiger partial charge >= 0.3 is 0 Å². The summed E-state index contributed by atoms with van der Waals surface area (Å²) in [7, 11) is 1.61. The lowest BCUT2D eigenvalue weighted by atomic mass is 10.1. The van der Waals surface area contributed by atoms with E-state index >= 15 is 0 Å². The molecule has 1 aromatic carbocycles. The van der Waals surface area contributed by atoms with E-state index in [1.165, 1.54) is 0 Å². The molecular weight excluding hydrogens is 304 g/mol. The van der Waals surface area contributed by atoms with E-state index < -0.39 is 12.2 Å². The van der Waals surface area contributed by atoms with E-state index in [1.807, 2.05) is 24.0 Å². The van der Waals surface area contributed by atoms with E-state index in [4.69, 9.17) is 9.47 Å². The average molecular weight is 323 g/mol. The molecule has 1 saturated heterocycles. The van der Waals surface area contributed by atoms with Gasteiger partial charge in [-0.05, 0) is 19.1 Å². The number of hydrogen-bond donors (Lipinski definition) is 0. The van der Waals surface area contributed by atoms with Crippen LogP contribution in [0, 0.1) is 0 Å². The van der Waals surface area contributed by atoms with Crippen LogP contribution in [0.2, 0.25) is 0 Å². The SMILES string of the molecule is COCC1CN(c2nc(C(F)F)nc3ccccc23)CC(C)O1. The molecule has 0 spiro atoms. The summed E-state index contributed by atoms with van der Waals surface area (Å²) in [5.74, 6) is 0.0864. The maximum atomic E-state index is 13.1. The van der Waals surface area contributed by atoms with Crippen LogP contribution in [-0.2, 0) is 9.47 Å². The average Bonchev–Trinajstić information content (AvgIpc) is 2.53. The summed E-state index contributed by atoms with van der Waals surface area (Å²) >= 11 is 0. The Labute approximate surface area is 133 Å². The maximum absolute atomic E-state index is 13.1. The van der Waals surface area contributed by atoms with Crippen molar-refractivity contribution in [3.8, 4) is 0 Å². The second-order valence-corrected chi connectivity index (χ2v) is 5.65. The van der Waals surface area contributed by atoms with Gasteiger partial charge in [-0.2, -0.15) is 0 Å². The molecule has 2 heterocycles. The Morgan fingerprint density at radius 1 is 1.30 bits per heavy atom. The van der Waals surface area contributed by atoms with Crippen LogP contribution in [0.5, 0.6) is 0 Å². The van der Waals surface area contributed by atoms with Gasteiger partial charge in [-0.15, -0.1) is 0 Å². The molecule has 0 bridgehead atoms. The number of alkyl halides is 2. The van der Waals surface area contributed by atoms with Crippen LogP contribution in [-0.4, -0.2) is 49.0 Å². The maximum Gasteiger partial charge on any atom is 0.297 e. The first kappa shape index (κ1) is 16.0. The molecule has 0 saturated carbocycles. The third kappa shape index (κ3) is 3.40. The molecule has 7 heteroatoms. The Bertz CT molecular complexity index is 683. The minimum Gasteiger partial charge on any atom is -0.382 e.